The second-order valence-electron chi connectivity index (χ2n) is 8.85. The lowest BCUT2D eigenvalue weighted by Gasteiger charge is -2.26. The minimum atomic E-state index is -3.86. The Balaban J connectivity index is 1.77. The minimum absolute atomic E-state index is 0.0262. The van der Waals surface area contributed by atoms with Crippen molar-refractivity contribution < 1.29 is 22.3 Å². The molecule has 4 aromatic rings. The molecular weight excluding hydrogens is 545 g/mol. The maximum Gasteiger partial charge on any atom is 0.258 e. The number of aromatic nitrogens is 2. The monoisotopic (exact) mass is 571 g/mol. The lowest BCUT2D eigenvalue weighted by Crippen LogP contribution is -2.33. The number of amides is 1. The highest BCUT2D eigenvalue weighted by Gasteiger charge is 2.27. The molecule has 0 spiro atoms. The van der Waals surface area contributed by atoms with Crippen molar-refractivity contribution in [3.8, 4) is 5.75 Å². The Labute approximate surface area is 230 Å². The molecule has 0 unspecified atom stereocenters. The van der Waals surface area contributed by atoms with Crippen molar-refractivity contribution in [1.29, 1.82) is 0 Å². The van der Waals surface area contributed by atoms with E-state index in [1.807, 2.05) is 0 Å². The standard InChI is InChI=1S/C27H27ClFN5O4S/c1-4-11-39(36,37)34(14-17-5-7-18(38-3)8-6-17)22-10-9-21(29)25(23(22)28)33-27(35)20-13-16(2)12-19-24(20)31-15-32-26(19)30/h5-10,12-13,15H,4,11,14H2,1-3H3,(H,33,35)(H2,30,31,32). The molecule has 0 radical (unpaired) electrons. The van der Waals surface area contributed by atoms with E-state index in [2.05, 4.69) is 15.3 Å². The molecule has 1 amide bonds. The fourth-order valence-electron chi connectivity index (χ4n) is 4.13. The number of methoxy groups -OCH3 is 1. The summed E-state index contributed by atoms with van der Waals surface area (Å²) in [5, 5.41) is 2.72. The van der Waals surface area contributed by atoms with Crippen LogP contribution in [0.25, 0.3) is 10.9 Å². The number of hydrogen-bond donors (Lipinski definition) is 2. The molecular formula is C27H27ClFN5O4S. The van der Waals surface area contributed by atoms with Crippen LogP contribution in [-0.2, 0) is 16.6 Å². The number of ether oxygens (including phenoxy) is 1. The summed E-state index contributed by atoms with van der Waals surface area (Å²) in [5.74, 6) is -0.880. The second kappa shape index (κ2) is 11.4. The first-order chi connectivity index (χ1) is 18.6. The smallest absolute Gasteiger partial charge is 0.258 e. The van der Waals surface area contributed by atoms with Crippen molar-refractivity contribution in [3.05, 3.63) is 82.4 Å². The average Bonchev–Trinajstić information content (AvgIpc) is 2.90. The predicted molar refractivity (Wildman–Crippen MR) is 151 cm³/mol. The number of anilines is 3. The molecule has 4 rings (SSSR count). The summed E-state index contributed by atoms with van der Waals surface area (Å²) in [4.78, 5) is 21.5. The second-order valence-corrected chi connectivity index (χ2v) is 11.2. The van der Waals surface area contributed by atoms with E-state index in [0.717, 1.165) is 10.4 Å². The van der Waals surface area contributed by atoms with Crippen LogP contribution in [0.2, 0.25) is 5.02 Å². The van der Waals surface area contributed by atoms with Crippen molar-refractivity contribution in [1.82, 2.24) is 9.97 Å². The first-order valence-electron chi connectivity index (χ1n) is 12.0. The first-order valence-corrected chi connectivity index (χ1v) is 14.0. The number of nitrogens with one attached hydrogen (secondary N) is 1. The Morgan fingerprint density at radius 3 is 2.54 bits per heavy atom. The van der Waals surface area contributed by atoms with Crippen LogP contribution < -0.4 is 20.1 Å². The fraction of sp³-hybridized carbons (Fsp3) is 0.222. The number of hydrogen-bond acceptors (Lipinski definition) is 7. The van der Waals surface area contributed by atoms with Crippen molar-refractivity contribution in [2.75, 3.05) is 28.2 Å². The Kier molecular flexibility index (Phi) is 8.22. The van der Waals surface area contributed by atoms with Crippen LogP contribution >= 0.6 is 11.6 Å². The number of fused-ring (bicyclic) bond motifs is 1. The lowest BCUT2D eigenvalue weighted by atomic mass is 10.1. The van der Waals surface area contributed by atoms with Crippen molar-refractivity contribution >= 4 is 55.6 Å². The zero-order chi connectivity index (χ0) is 28.3. The zero-order valence-electron chi connectivity index (χ0n) is 21.5. The van der Waals surface area contributed by atoms with Gasteiger partial charge in [0, 0.05) is 5.39 Å². The number of nitrogen functional groups attached to an aromatic ring is 1. The third-order valence-corrected chi connectivity index (χ3v) is 8.32. The number of rotatable bonds is 9. The van der Waals surface area contributed by atoms with E-state index in [-0.39, 0.29) is 45.6 Å². The molecule has 0 aliphatic rings. The van der Waals surface area contributed by atoms with Gasteiger partial charge in [-0.25, -0.2) is 22.8 Å². The molecule has 12 heteroatoms. The van der Waals surface area contributed by atoms with Crippen LogP contribution in [0, 0.1) is 12.7 Å². The fourth-order valence-corrected chi connectivity index (χ4v) is 6.02. The number of nitrogens with two attached hydrogens (primary N) is 1. The molecule has 1 aromatic heterocycles. The van der Waals surface area contributed by atoms with E-state index in [1.165, 1.54) is 19.5 Å². The van der Waals surface area contributed by atoms with Gasteiger partial charge in [0.2, 0.25) is 10.0 Å². The molecule has 0 aliphatic heterocycles. The topological polar surface area (TPSA) is 128 Å². The quantitative estimate of drug-likeness (QED) is 0.278. The molecule has 0 bridgehead atoms. The Morgan fingerprint density at radius 2 is 1.87 bits per heavy atom. The van der Waals surface area contributed by atoms with E-state index >= 15 is 4.39 Å². The Hall–Kier alpha value is -3.96. The number of sulfonamides is 1. The van der Waals surface area contributed by atoms with Gasteiger partial charge < -0.3 is 15.8 Å². The van der Waals surface area contributed by atoms with Gasteiger partial charge >= 0.3 is 0 Å². The molecule has 0 saturated carbocycles. The normalized spacial score (nSPS) is 11.4. The van der Waals surface area contributed by atoms with Crippen LogP contribution in [0.5, 0.6) is 5.75 Å². The Morgan fingerprint density at radius 1 is 1.15 bits per heavy atom. The average molecular weight is 572 g/mol. The van der Waals surface area contributed by atoms with Gasteiger partial charge in [-0.3, -0.25) is 9.10 Å². The van der Waals surface area contributed by atoms with Gasteiger partial charge in [0.05, 0.1) is 46.9 Å². The molecule has 0 aliphatic carbocycles. The molecule has 3 N–H and O–H groups in total. The number of nitrogens with zero attached hydrogens (tertiary/aromatic N) is 3. The third-order valence-electron chi connectivity index (χ3n) is 6.02. The van der Waals surface area contributed by atoms with Crippen LogP contribution in [0.3, 0.4) is 0 Å². The van der Waals surface area contributed by atoms with E-state index in [4.69, 9.17) is 22.1 Å². The SMILES string of the molecule is CCCS(=O)(=O)N(Cc1ccc(OC)cc1)c1ccc(F)c(NC(=O)c2cc(C)cc3c(N)ncnc23)c1Cl. The number of halogens is 2. The molecule has 204 valence electrons. The summed E-state index contributed by atoms with van der Waals surface area (Å²) >= 11 is 6.61. The summed E-state index contributed by atoms with van der Waals surface area (Å²) in [6.45, 7) is 3.44. The highest BCUT2D eigenvalue weighted by atomic mass is 35.5. The number of carbonyl (C=O) groups excluding carboxylic acids is 1. The number of carbonyl (C=O) groups is 1. The summed E-state index contributed by atoms with van der Waals surface area (Å²) in [6, 6.07) is 12.5. The van der Waals surface area contributed by atoms with Crippen LogP contribution in [0.1, 0.15) is 34.8 Å². The van der Waals surface area contributed by atoms with E-state index in [9.17, 15) is 13.2 Å². The molecule has 39 heavy (non-hydrogen) atoms. The molecule has 0 fully saturated rings. The number of aryl methyl sites for hydroxylation is 1. The van der Waals surface area contributed by atoms with Crippen molar-refractivity contribution in [2.45, 2.75) is 26.8 Å². The maximum atomic E-state index is 15.1. The summed E-state index contributed by atoms with van der Waals surface area (Å²) in [6.07, 6.45) is 1.59. The number of benzene rings is 3. The molecule has 1 heterocycles. The summed E-state index contributed by atoms with van der Waals surface area (Å²) in [5.41, 5.74) is 7.41. The van der Waals surface area contributed by atoms with Gasteiger partial charge in [-0.05, 0) is 60.9 Å². The van der Waals surface area contributed by atoms with Gasteiger partial charge in [0.1, 0.15) is 23.7 Å². The van der Waals surface area contributed by atoms with Crippen molar-refractivity contribution in [2.24, 2.45) is 0 Å². The summed E-state index contributed by atoms with van der Waals surface area (Å²) < 4.78 is 48.0. The summed E-state index contributed by atoms with van der Waals surface area (Å²) in [7, 11) is -2.33. The zero-order valence-corrected chi connectivity index (χ0v) is 23.1. The Bertz CT molecular complexity index is 1650. The van der Waals surface area contributed by atoms with Gasteiger partial charge in [-0.1, -0.05) is 30.7 Å². The molecule has 3 aromatic carbocycles. The van der Waals surface area contributed by atoms with E-state index in [1.54, 1.807) is 50.2 Å². The predicted octanol–water partition coefficient (Wildman–Crippen LogP) is 5.32. The van der Waals surface area contributed by atoms with Gasteiger partial charge in [0.25, 0.3) is 5.91 Å². The van der Waals surface area contributed by atoms with Crippen LogP contribution in [-0.4, -0.2) is 37.2 Å². The van der Waals surface area contributed by atoms with Gasteiger partial charge in [-0.2, -0.15) is 0 Å². The largest absolute Gasteiger partial charge is 0.497 e. The highest BCUT2D eigenvalue weighted by molar-refractivity contribution is 7.92. The van der Waals surface area contributed by atoms with E-state index < -0.39 is 21.7 Å². The molecule has 0 saturated heterocycles. The van der Waals surface area contributed by atoms with E-state index in [0.29, 0.717) is 28.7 Å². The minimum Gasteiger partial charge on any atom is -0.497 e. The third kappa shape index (κ3) is 5.89. The maximum absolute atomic E-state index is 15.1. The van der Waals surface area contributed by atoms with Gasteiger partial charge in [0.15, 0.2) is 0 Å². The van der Waals surface area contributed by atoms with Crippen LogP contribution in [0.4, 0.5) is 21.6 Å². The molecule has 0 atom stereocenters. The molecule has 9 nitrogen and oxygen atoms in total. The van der Waals surface area contributed by atoms with Crippen LogP contribution in [0.15, 0.2) is 54.9 Å². The highest BCUT2D eigenvalue weighted by Crippen LogP contribution is 2.38. The lowest BCUT2D eigenvalue weighted by molar-refractivity contribution is 0.102. The first kappa shape index (κ1) is 28.1. The van der Waals surface area contributed by atoms with Crippen molar-refractivity contribution in [3.63, 3.8) is 0 Å². The van der Waals surface area contributed by atoms with Gasteiger partial charge in [-0.15, -0.1) is 0 Å².